The largest absolute Gasteiger partial charge is 0.378 e. The molecule has 0 aliphatic carbocycles. The van der Waals surface area contributed by atoms with Crippen LogP contribution in [0.4, 0.5) is 10.2 Å². The van der Waals surface area contributed by atoms with E-state index in [-0.39, 0.29) is 16.8 Å². The summed E-state index contributed by atoms with van der Waals surface area (Å²) in [6.07, 6.45) is 0. The highest BCUT2D eigenvalue weighted by atomic mass is 19.1. The Morgan fingerprint density at radius 1 is 1.17 bits per heavy atom. The molecule has 0 atom stereocenters. The number of para-hydroxylation sites is 2. The zero-order valence-corrected chi connectivity index (χ0v) is 20.9. The molecule has 4 aromatic rings. The molecule has 1 N–H and O–H groups in total. The van der Waals surface area contributed by atoms with Gasteiger partial charge in [0.2, 0.25) is 5.43 Å². The fourth-order valence-corrected chi connectivity index (χ4v) is 5.01. The predicted molar refractivity (Wildman–Crippen MR) is 139 cm³/mol. The van der Waals surface area contributed by atoms with E-state index in [9.17, 15) is 9.59 Å². The zero-order valence-electron chi connectivity index (χ0n) is 20.9. The van der Waals surface area contributed by atoms with Gasteiger partial charge in [0.1, 0.15) is 11.2 Å². The van der Waals surface area contributed by atoms with Crippen molar-refractivity contribution >= 4 is 39.4 Å². The number of fused-ring (bicyclic) bond motifs is 5. The van der Waals surface area contributed by atoms with Crippen molar-refractivity contribution in [1.82, 2.24) is 24.2 Å². The van der Waals surface area contributed by atoms with Crippen LogP contribution in [-0.4, -0.2) is 77.2 Å². The summed E-state index contributed by atoms with van der Waals surface area (Å²) in [5.74, 6) is -0.881. The number of halogens is 1. The van der Waals surface area contributed by atoms with Gasteiger partial charge < -0.3 is 24.4 Å². The van der Waals surface area contributed by atoms with E-state index in [1.54, 1.807) is 4.40 Å². The molecular weight excluding hydrogens is 463 g/mol. The van der Waals surface area contributed by atoms with Crippen LogP contribution in [0.2, 0.25) is 0 Å². The maximum Gasteiger partial charge on any atom is 0.259 e. The topological polar surface area (TPSA) is 84.1 Å². The number of morpholine rings is 1. The van der Waals surface area contributed by atoms with Crippen LogP contribution in [0.3, 0.4) is 0 Å². The van der Waals surface area contributed by atoms with Crippen molar-refractivity contribution in [2.24, 2.45) is 7.05 Å². The summed E-state index contributed by atoms with van der Waals surface area (Å²) in [5, 5.41) is 2.98. The SMILES string of the molecule is CCN(CC)CCNC(=O)c1c(=O)c2cc(F)c(N3CCOCC3)nc2n2c3ccccc3n(C)c12. The van der Waals surface area contributed by atoms with Gasteiger partial charge in [0, 0.05) is 33.2 Å². The van der Waals surface area contributed by atoms with Crippen molar-refractivity contribution in [3.05, 3.63) is 51.9 Å². The van der Waals surface area contributed by atoms with E-state index in [1.165, 1.54) is 6.07 Å². The summed E-state index contributed by atoms with van der Waals surface area (Å²) in [5.41, 5.74) is 1.83. The van der Waals surface area contributed by atoms with Gasteiger partial charge in [-0.1, -0.05) is 26.0 Å². The van der Waals surface area contributed by atoms with Gasteiger partial charge in [0.05, 0.1) is 29.6 Å². The lowest BCUT2D eigenvalue weighted by molar-refractivity contribution is 0.0949. The van der Waals surface area contributed by atoms with Crippen molar-refractivity contribution < 1.29 is 13.9 Å². The van der Waals surface area contributed by atoms with Crippen LogP contribution in [-0.2, 0) is 11.8 Å². The molecule has 0 radical (unpaired) electrons. The second-order valence-electron chi connectivity index (χ2n) is 8.96. The number of carbonyl (C=O) groups excluding carboxylic acids is 1. The molecule has 9 nitrogen and oxygen atoms in total. The third-order valence-electron chi connectivity index (χ3n) is 7.00. The Bertz CT molecular complexity index is 1500. The first-order chi connectivity index (χ1) is 17.5. The number of amides is 1. The number of nitrogens with zero attached hydrogens (tertiary/aromatic N) is 5. The Hall–Kier alpha value is -3.50. The molecule has 4 heterocycles. The third-order valence-corrected chi connectivity index (χ3v) is 7.00. The maximum atomic E-state index is 15.3. The molecule has 3 aromatic heterocycles. The predicted octanol–water partition coefficient (Wildman–Crippen LogP) is 2.39. The second kappa shape index (κ2) is 9.87. The van der Waals surface area contributed by atoms with Crippen molar-refractivity contribution in [2.45, 2.75) is 13.8 Å². The monoisotopic (exact) mass is 494 g/mol. The standard InChI is InChI=1S/C26H31FN6O3/c1-4-31(5-2)11-10-28-25(35)21-22(34)17-16-18(27)24(32-12-14-36-15-13-32)29-23(17)33-20-9-7-6-8-19(20)30(3)26(21)33/h6-9,16H,4-5,10-15H2,1-3H3,(H,28,35). The Morgan fingerprint density at radius 3 is 2.56 bits per heavy atom. The van der Waals surface area contributed by atoms with Crippen molar-refractivity contribution in [1.29, 1.82) is 0 Å². The summed E-state index contributed by atoms with van der Waals surface area (Å²) in [6.45, 7) is 8.92. The first kappa shape index (κ1) is 24.2. The summed E-state index contributed by atoms with van der Waals surface area (Å²) < 4.78 is 24.3. The van der Waals surface area contributed by atoms with Crippen LogP contribution >= 0.6 is 0 Å². The van der Waals surface area contributed by atoms with E-state index in [0.29, 0.717) is 50.7 Å². The Balaban J connectivity index is 1.73. The first-order valence-electron chi connectivity index (χ1n) is 12.4. The van der Waals surface area contributed by atoms with E-state index in [4.69, 9.17) is 4.74 Å². The van der Waals surface area contributed by atoms with E-state index >= 15 is 4.39 Å². The van der Waals surface area contributed by atoms with Gasteiger partial charge in [0.15, 0.2) is 17.3 Å². The number of rotatable bonds is 7. The molecule has 190 valence electrons. The fraction of sp³-hybridized carbons (Fsp3) is 0.423. The minimum Gasteiger partial charge on any atom is -0.378 e. The third kappa shape index (κ3) is 4.00. The molecule has 1 saturated heterocycles. The smallest absolute Gasteiger partial charge is 0.259 e. The van der Waals surface area contributed by atoms with Gasteiger partial charge in [-0.25, -0.2) is 9.37 Å². The lowest BCUT2D eigenvalue weighted by Crippen LogP contribution is -2.38. The van der Waals surface area contributed by atoms with E-state index in [1.807, 2.05) is 40.8 Å². The molecule has 36 heavy (non-hydrogen) atoms. The number of pyridine rings is 2. The first-order valence-corrected chi connectivity index (χ1v) is 12.4. The molecule has 1 fully saturated rings. The quantitative estimate of drug-likeness (QED) is 0.425. The number of aromatic nitrogens is 3. The maximum absolute atomic E-state index is 15.3. The molecule has 0 spiro atoms. The number of imidazole rings is 1. The van der Waals surface area contributed by atoms with Crippen LogP contribution in [0.5, 0.6) is 0 Å². The van der Waals surface area contributed by atoms with Gasteiger partial charge in [-0.3, -0.25) is 14.0 Å². The van der Waals surface area contributed by atoms with E-state index in [0.717, 1.165) is 24.1 Å². The van der Waals surface area contributed by atoms with Crippen LogP contribution in [0, 0.1) is 5.82 Å². The van der Waals surface area contributed by atoms with Crippen LogP contribution in [0.1, 0.15) is 24.2 Å². The van der Waals surface area contributed by atoms with E-state index < -0.39 is 17.2 Å². The minimum absolute atomic E-state index is 0.0129. The van der Waals surface area contributed by atoms with Gasteiger partial charge in [-0.15, -0.1) is 0 Å². The van der Waals surface area contributed by atoms with Gasteiger partial charge in [-0.2, -0.15) is 0 Å². The number of nitrogens with one attached hydrogen (secondary N) is 1. The molecule has 1 aromatic carbocycles. The highest BCUT2D eigenvalue weighted by Gasteiger charge is 2.26. The number of anilines is 1. The Morgan fingerprint density at radius 2 is 1.86 bits per heavy atom. The number of ether oxygens (including phenoxy) is 1. The number of hydrogen-bond donors (Lipinski definition) is 1. The van der Waals surface area contributed by atoms with Crippen LogP contribution in [0.25, 0.3) is 27.7 Å². The summed E-state index contributed by atoms with van der Waals surface area (Å²) in [6, 6.07) is 8.84. The van der Waals surface area contributed by atoms with Crippen molar-refractivity contribution in [2.75, 3.05) is 57.4 Å². The zero-order chi connectivity index (χ0) is 25.4. The molecule has 1 amide bonds. The lowest BCUT2D eigenvalue weighted by atomic mass is 10.1. The van der Waals surface area contributed by atoms with Gasteiger partial charge in [-0.05, 0) is 31.3 Å². The lowest BCUT2D eigenvalue weighted by Gasteiger charge is -2.28. The number of likely N-dealkylation sites (N-methyl/N-ethyl adjacent to an activating group) is 1. The molecule has 0 bridgehead atoms. The Kier molecular flexibility index (Phi) is 6.63. The van der Waals surface area contributed by atoms with Crippen LogP contribution < -0.4 is 15.6 Å². The number of carbonyl (C=O) groups is 1. The van der Waals surface area contributed by atoms with Gasteiger partial charge in [0.25, 0.3) is 5.91 Å². The van der Waals surface area contributed by atoms with Crippen molar-refractivity contribution in [3.8, 4) is 0 Å². The highest BCUT2D eigenvalue weighted by Crippen LogP contribution is 2.28. The number of hydrogen-bond acceptors (Lipinski definition) is 6. The highest BCUT2D eigenvalue weighted by molar-refractivity contribution is 6.05. The summed E-state index contributed by atoms with van der Waals surface area (Å²) in [7, 11) is 1.82. The summed E-state index contributed by atoms with van der Waals surface area (Å²) in [4.78, 5) is 35.8. The fourth-order valence-electron chi connectivity index (χ4n) is 5.01. The molecular formula is C26H31FN6O3. The minimum atomic E-state index is -0.588. The number of benzene rings is 1. The molecule has 10 heteroatoms. The molecule has 5 rings (SSSR count). The van der Waals surface area contributed by atoms with Gasteiger partial charge >= 0.3 is 0 Å². The Labute approximate surface area is 208 Å². The number of aryl methyl sites for hydroxylation is 1. The van der Waals surface area contributed by atoms with Crippen LogP contribution in [0.15, 0.2) is 35.1 Å². The second-order valence-corrected chi connectivity index (χ2v) is 8.96. The average Bonchev–Trinajstić information content (AvgIpc) is 3.19. The summed E-state index contributed by atoms with van der Waals surface area (Å²) >= 11 is 0. The molecule has 0 unspecified atom stereocenters. The molecule has 1 aliphatic rings. The molecule has 0 saturated carbocycles. The average molecular weight is 495 g/mol. The molecule has 1 aliphatic heterocycles. The van der Waals surface area contributed by atoms with Crippen molar-refractivity contribution in [3.63, 3.8) is 0 Å². The van der Waals surface area contributed by atoms with E-state index in [2.05, 4.69) is 29.0 Å². The normalized spacial score (nSPS) is 14.4.